The van der Waals surface area contributed by atoms with E-state index in [0.29, 0.717) is 22.9 Å². The summed E-state index contributed by atoms with van der Waals surface area (Å²) in [4.78, 5) is 26.3. The molecule has 1 atom stereocenters. The topological polar surface area (TPSA) is 67.4 Å². The molecule has 0 aliphatic heterocycles. The first-order valence-electron chi connectivity index (χ1n) is 10.7. The molecule has 1 saturated carbocycles. The van der Waals surface area contributed by atoms with Gasteiger partial charge >= 0.3 is 0 Å². The van der Waals surface area contributed by atoms with E-state index in [1.54, 1.807) is 25.3 Å². The van der Waals surface area contributed by atoms with Crippen molar-refractivity contribution in [3.63, 3.8) is 0 Å². The fourth-order valence-electron chi connectivity index (χ4n) is 3.71. The van der Waals surface area contributed by atoms with Crippen LogP contribution in [0.25, 0.3) is 0 Å². The maximum atomic E-state index is 12.8. The van der Waals surface area contributed by atoms with E-state index in [1.807, 2.05) is 31.2 Å². The van der Waals surface area contributed by atoms with Crippen molar-refractivity contribution in [2.24, 2.45) is 5.92 Å². The monoisotopic (exact) mass is 460 g/mol. The molecule has 1 fully saturated rings. The highest BCUT2D eigenvalue weighted by Crippen LogP contribution is 2.31. The van der Waals surface area contributed by atoms with Crippen molar-refractivity contribution in [1.82, 2.24) is 0 Å². The predicted molar refractivity (Wildman–Crippen MR) is 128 cm³/mol. The molecule has 0 radical (unpaired) electrons. The molecule has 166 valence electrons. The lowest BCUT2D eigenvalue weighted by atomic mass is 9.88. The van der Waals surface area contributed by atoms with Crippen LogP contribution >= 0.6 is 23.4 Å². The lowest BCUT2D eigenvalue weighted by Crippen LogP contribution is -2.25. The first kappa shape index (κ1) is 23.5. The predicted octanol–water partition coefficient (Wildman–Crippen LogP) is 6.38. The van der Waals surface area contributed by atoms with E-state index in [4.69, 9.17) is 16.3 Å². The van der Waals surface area contributed by atoms with Crippen molar-refractivity contribution in [2.45, 2.75) is 55.6 Å². The Morgan fingerprint density at radius 2 is 1.84 bits per heavy atom. The second-order valence-corrected chi connectivity index (χ2v) is 9.39. The van der Waals surface area contributed by atoms with Crippen LogP contribution in [0.15, 0.2) is 47.4 Å². The van der Waals surface area contributed by atoms with Gasteiger partial charge in [-0.2, -0.15) is 0 Å². The molecule has 1 aliphatic carbocycles. The average molecular weight is 461 g/mol. The van der Waals surface area contributed by atoms with Crippen LogP contribution in [0.1, 0.15) is 45.4 Å². The highest BCUT2D eigenvalue weighted by Gasteiger charge is 2.22. The van der Waals surface area contributed by atoms with E-state index in [1.165, 1.54) is 18.2 Å². The summed E-state index contributed by atoms with van der Waals surface area (Å²) in [5.41, 5.74) is 1.40. The maximum Gasteiger partial charge on any atom is 0.237 e. The van der Waals surface area contributed by atoms with Gasteiger partial charge in [0.05, 0.1) is 17.4 Å². The zero-order valence-electron chi connectivity index (χ0n) is 17.9. The molecular weight excluding hydrogens is 432 g/mol. The first-order chi connectivity index (χ1) is 15.0. The van der Waals surface area contributed by atoms with E-state index >= 15 is 0 Å². The number of methoxy groups -OCH3 is 1. The van der Waals surface area contributed by atoms with E-state index in [9.17, 15) is 9.59 Å². The van der Waals surface area contributed by atoms with Crippen LogP contribution in [0.3, 0.4) is 0 Å². The number of hydrogen-bond acceptors (Lipinski definition) is 4. The minimum Gasteiger partial charge on any atom is -0.495 e. The molecule has 0 bridgehead atoms. The summed E-state index contributed by atoms with van der Waals surface area (Å²) >= 11 is 7.64. The van der Waals surface area contributed by atoms with Gasteiger partial charge in [-0.1, -0.05) is 43.9 Å². The number of anilines is 2. The molecular formula is C24H29ClN2O3S. The largest absolute Gasteiger partial charge is 0.495 e. The summed E-state index contributed by atoms with van der Waals surface area (Å²) in [6.45, 7) is 1.98. The number of benzene rings is 2. The highest BCUT2D eigenvalue weighted by atomic mass is 35.5. The zero-order chi connectivity index (χ0) is 22.2. The minimum atomic E-state index is -0.273. The number of ether oxygens (including phenoxy) is 1. The Bertz CT molecular complexity index is 915. The summed E-state index contributed by atoms with van der Waals surface area (Å²) in [5.74, 6) is 0.678. The molecule has 2 aromatic carbocycles. The number of thioether (sulfide) groups is 1. The third-order valence-corrected chi connectivity index (χ3v) is 7.09. The van der Waals surface area contributed by atoms with Gasteiger partial charge in [0.25, 0.3) is 0 Å². The quantitative estimate of drug-likeness (QED) is 0.448. The van der Waals surface area contributed by atoms with Gasteiger partial charge in [0.15, 0.2) is 0 Å². The number of rotatable bonds is 8. The van der Waals surface area contributed by atoms with Crippen molar-refractivity contribution >= 4 is 46.6 Å². The highest BCUT2D eigenvalue weighted by molar-refractivity contribution is 8.00. The SMILES string of the molecule is CCC(Sc1cccc(NC(=O)C2CCCCC2)c1)C(=O)Nc1ccc(OC)c(Cl)c1. The number of amides is 2. The molecule has 2 amide bonds. The Labute approximate surface area is 193 Å². The number of carbonyl (C=O) groups is 2. The van der Waals surface area contributed by atoms with Crippen LogP contribution < -0.4 is 15.4 Å². The van der Waals surface area contributed by atoms with Gasteiger partial charge in [-0.3, -0.25) is 9.59 Å². The van der Waals surface area contributed by atoms with Crippen molar-refractivity contribution in [1.29, 1.82) is 0 Å². The molecule has 0 heterocycles. The van der Waals surface area contributed by atoms with Crippen LogP contribution in [0.4, 0.5) is 11.4 Å². The average Bonchev–Trinajstić information content (AvgIpc) is 2.78. The van der Waals surface area contributed by atoms with Crippen molar-refractivity contribution in [2.75, 3.05) is 17.7 Å². The molecule has 2 aromatic rings. The minimum absolute atomic E-state index is 0.0922. The van der Waals surface area contributed by atoms with Gasteiger partial charge in [-0.15, -0.1) is 11.8 Å². The van der Waals surface area contributed by atoms with Crippen LogP contribution in [0.2, 0.25) is 5.02 Å². The normalized spacial score (nSPS) is 15.2. The molecule has 5 nitrogen and oxygen atoms in total. The molecule has 0 spiro atoms. The van der Waals surface area contributed by atoms with Crippen molar-refractivity contribution < 1.29 is 14.3 Å². The van der Waals surface area contributed by atoms with Crippen molar-refractivity contribution in [3.8, 4) is 5.75 Å². The zero-order valence-corrected chi connectivity index (χ0v) is 19.5. The van der Waals surface area contributed by atoms with Gasteiger partial charge in [0.1, 0.15) is 5.75 Å². The van der Waals surface area contributed by atoms with E-state index in [-0.39, 0.29) is 23.0 Å². The third-order valence-electron chi connectivity index (χ3n) is 5.44. The van der Waals surface area contributed by atoms with Gasteiger partial charge < -0.3 is 15.4 Å². The summed E-state index contributed by atoms with van der Waals surface area (Å²) in [6.07, 6.45) is 6.07. The Kier molecular flexibility index (Phi) is 8.67. The smallest absolute Gasteiger partial charge is 0.237 e. The Hall–Kier alpha value is -2.18. The van der Waals surface area contributed by atoms with Gasteiger partial charge in [-0.05, 0) is 55.7 Å². The van der Waals surface area contributed by atoms with E-state index < -0.39 is 0 Å². The maximum absolute atomic E-state index is 12.8. The Balaban J connectivity index is 1.61. The molecule has 31 heavy (non-hydrogen) atoms. The third kappa shape index (κ3) is 6.65. The Morgan fingerprint density at radius 1 is 1.10 bits per heavy atom. The van der Waals surface area contributed by atoms with Crippen LogP contribution in [0, 0.1) is 5.92 Å². The standard InChI is InChI=1S/C24H29ClN2O3S/c1-3-22(24(29)27-18-12-13-21(30-2)20(25)15-18)31-19-11-7-10-17(14-19)26-23(28)16-8-5-4-6-9-16/h7,10-16,22H,3-6,8-9H2,1-2H3,(H,26,28)(H,27,29). The Morgan fingerprint density at radius 3 is 2.52 bits per heavy atom. The summed E-state index contributed by atoms with van der Waals surface area (Å²) in [7, 11) is 1.55. The fraction of sp³-hybridized carbons (Fsp3) is 0.417. The van der Waals surface area contributed by atoms with Crippen LogP contribution in [0.5, 0.6) is 5.75 Å². The molecule has 2 N–H and O–H groups in total. The van der Waals surface area contributed by atoms with Gasteiger partial charge in [0.2, 0.25) is 11.8 Å². The number of halogens is 1. The summed E-state index contributed by atoms with van der Waals surface area (Å²) in [6, 6.07) is 12.9. The van der Waals surface area contributed by atoms with Crippen molar-refractivity contribution in [3.05, 3.63) is 47.5 Å². The molecule has 3 rings (SSSR count). The van der Waals surface area contributed by atoms with Gasteiger partial charge in [0, 0.05) is 22.2 Å². The number of nitrogens with one attached hydrogen (secondary N) is 2. The second-order valence-electron chi connectivity index (χ2n) is 7.71. The lowest BCUT2D eigenvalue weighted by Gasteiger charge is -2.21. The summed E-state index contributed by atoms with van der Waals surface area (Å²) < 4.78 is 5.15. The number of hydrogen-bond donors (Lipinski definition) is 2. The first-order valence-corrected chi connectivity index (χ1v) is 12.0. The molecule has 1 unspecified atom stereocenters. The fourth-order valence-corrected chi connectivity index (χ4v) is 4.98. The van der Waals surface area contributed by atoms with E-state index in [0.717, 1.165) is 36.3 Å². The number of carbonyl (C=O) groups excluding carboxylic acids is 2. The molecule has 0 saturated heterocycles. The second kappa shape index (κ2) is 11.4. The molecule has 0 aromatic heterocycles. The van der Waals surface area contributed by atoms with Gasteiger partial charge in [-0.25, -0.2) is 0 Å². The lowest BCUT2D eigenvalue weighted by molar-refractivity contribution is -0.120. The summed E-state index contributed by atoms with van der Waals surface area (Å²) in [5, 5.41) is 6.15. The van der Waals surface area contributed by atoms with Crippen LogP contribution in [-0.2, 0) is 9.59 Å². The molecule has 7 heteroatoms. The molecule has 1 aliphatic rings. The van der Waals surface area contributed by atoms with E-state index in [2.05, 4.69) is 10.6 Å². The van der Waals surface area contributed by atoms with Crippen LogP contribution in [-0.4, -0.2) is 24.2 Å².